The molecule has 2 aliphatic rings. The lowest BCUT2D eigenvalue weighted by Crippen LogP contribution is -2.33. The van der Waals surface area contributed by atoms with E-state index in [0.29, 0.717) is 39.8 Å². The molecule has 2 aromatic rings. The van der Waals surface area contributed by atoms with E-state index >= 15 is 4.39 Å². The molecular formula is C23H30ClFN4O. The smallest absolute Gasteiger partial charge is 0.154 e. The zero-order valence-corrected chi connectivity index (χ0v) is 17.9. The van der Waals surface area contributed by atoms with Crippen LogP contribution in [0.15, 0.2) is 30.5 Å². The maximum atomic E-state index is 15.3. The molecule has 1 saturated carbocycles. The number of nitrogens with one attached hydrogen (secondary N) is 2. The van der Waals surface area contributed by atoms with Crippen LogP contribution in [-0.2, 0) is 4.74 Å². The number of hydrogen-bond acceptors (Lipinski definition) is 5. The second kappa shape index (κ2) is 9.94. The van der Waals surface area contributed by atoms with Gasteiger partial charge in [0.25, 0.3) is 0 Å². The minimum absolute atomic E-state index is 0.285. The highest BCUT2D eigenvalue weighted by molar-refractivity contribution is 6.33. The lowest BCUT2D eigenvalue weighted by molar-refractivity contribution is 0.0699. The van der Waals surface area contributed by atoms with Crippen LogP contribution in [0.2, 0.25) is 5.02 Å². The first-order chi connectivity index (χ1) is 14.6. The van der Waals surface area contributed by atoms with Gasteiger partial charge in [0.15, 0.2) is 5.82 Å². The van der Waals surface area contributed by atoms with Crippen LogP contribution in [-0.4, -0.2) is 36.8 Å². The summed E-state index contributed by atoms with van der Waals surface area (Å²) in [6, 6.07) is 7.87. The van der Waals surface area contributed by atoms with E-state index in [2.05, 4.69) is 15.6 Å². The number of aromatic nitrogens is 1. The van der Waals surface area contributed by atoms with Gasteiger partial charge in [-0.25, -0.2) is 9.37 Å². The van der Waals surface area contributed by atoms with E-state index in [1.807, 2.05) is 12.1 Å². The molecule has 30 heavy (non-hydrogen) atoms. The van der Waals surface area contributed by atoms with Crippen LogP contribution in [0.1, 0.15) is 38.5 Å². The summed E-state index contributed by atoms with van der Waals surface area (Å²) >= 11 is 6.41. The second-order valence-electron chi connectivity index (χ2n) is 8.41. The highest BCUT2D eigenvalue weighted by Gasteiger charge is 2.20. The van der Waals surface area contributed by atoms with Crippen LogP contribution >= 0.6 is 11.6 Å². The maximum Gasteiger partial charge on any atom is 0.154 e. The number of hydrogen-bond donors (Lipinski definition) is 3. The van der Waals surface area contributed by atoms with Crippen molar-refractivity contribution in [2.45, 2.75) is 50.6 Å². The molecule has 0 unspecified atom stereocenters. The minimum Gasteiger partial charge on any atom is -0.382 e. The zero-order chi connectivity index (χ0) is 20.9. The Hall–Kier alpha value is -1.89. The molecule has 162 valence electrons. The number of rotatable bonds is 6. The normalized spacial score (nSPS) is 22.6. The van der Waals surface area contributed by atoms with Crippen LogP contribution in [0.4, 0.5) is 15.9 Å². The fourth-order valence-electron chi connectivity index (χ4n) is 4.28. The molecule has 4 rings (SSSR count). The van der Waals surface area contributed by atoms with Crippen molar-refractivity contribution in [1.82, 2.24) is 4.98 Å². The van der Waals surface area contributed by atoms with Crippen LogP contribution < -0.4 is 16.4 Å². The van der Waals surface area contributed by atoms with Gasteiger partial charge in [-0.3, -0.25) is 0 Å². The van der Waals surface area contributed by atoms with E-state index in [4.69, 9.17) is 22.1 Å². The highest BCUT2D eigenvalue weighted by atomic mass is 35.5. The number of halogens is 2. The zero-order valence-electron chi connectivity index (χ0n) is 17.2. The first-order valence-corrected chi connectivity index (χ1v) is 11.3. The summed E-state index contributed by atoms with van der Waals surface area (Å²) in [5.74, 6) is 0.938. The molecule has 1 aliphatic carbocycles. The molecule has 7 heteroatoms. The molecule has 0 radical (unpaired) electrons. The van der Waals surface area contributed by atoms with E-state index in [1.54, 1.807) is 18.3 Å². The molecular weight excluding hydrogens is 403 g/mol. The summed E-state index contributed by atoms with van der Waals surface area (Å²) in [5, 5.41) is 7.18. The van der Waals surface area contributed by atoms with Crippen LogP contribution in [0, 0.1) is 11.7 Å². The topological polar surface area (TPSA) is 72.2 Å². The average Bonchev–Trinajstić information content (AvgIpc) is 2.77. The van der Waals surface area contributed by atoms with E-state index in [9.17, 15) is 0 Å². The highest BCUT2D eigenvalue weighted by Crippen LogP contribution is 2.34. The Balaban J connectivity index is 1.49. The van der Waals surface area contributed by atoms with Crippen LogP contribution in [0.25, 0.3) is 11.1 Å². The Morgan fingerprint density at radius 1 is 1.10 bits per heavy atom. The lowest BCUT2D eigenvalue weighted by atomic mass is 9.92. The van der Waals surface area contributed by atoms with Gasteiger partial charge in [0, 0.05) is 49.2 Å². The standard InChI is InChI=1S/C23H30ClFN4O/c24-20-14-28-22(29-17-6-4-16(26)5-7-17)12-19(20)18-2-1-3-21(23(18)25)27-13-15-8-10-30-11-9-15/h1-3,12,14-17,27H,4-11,13,26H2,(H,28,29)/t16-,17-. The third-order valence-corrected chi connectivity index (χ3v) is 6.49. The largest absolute Gasteiger partial charge is 0.382 e. The third kappa shape index (κ3) is 5.23. The first-order valence-electron chi connectivity index (χ1n) is 10.9. The Morgan fingerprint density at radius 2 is 1.87 bits per heavy atom. The van der Waals surface area contributed by atoms with Crippen molar-refractivity contribution in [3.8, 4) is 11.1 Å². The minimum atomic E-state index is -0.285. The van der Waals surface area contributed by atoms with Gasteiger partial charge in [0.1, 0.15) is 5.82 Å². The molecule has 1 aliphatic heterocycles. The summed E-state index contributed by atoms with van der Waals surface area (Å²) in [5.41, 5.74) is 7.63. The van der Waals surface area contributed by atoms with Crippen molar-refractivity contribution < 1.29 is 9.13 Å². The average molecular weight is 433 g/mol. The number of anilines is 2. The van der Waals surface area contributed by atoms with Crippen molar-refractivity contribution in [1.29, 1.82) is 0 Å². The second-order valence-corrected chi connectivity index (χ2v) is 8.82. The predicted octanol–water partition coefficient (Wildman–Crippen LogP) is 5.06. The monoisotopic (exact) mass is 432 g/mol. The van der Waals surface area contributed by atoms with E-state index in [1.165, 1.54) is 0 Å². The molecule has 1 aromatic carbocycles. The van der Waals surface area contributed by atoms with Gasteiger partial charge in [-0.2, -0.15) is 0 Å². The van der Waals surface area contributed by atoms with Crippen molar-refractivity contribution in [3.63, 3.8) is 0 Å². The Kier molecular flexibility index (Phi) is 7.08. The van der Waals surface area contributed by atoms with Gasteiger partial charge in [-0.05, 0) is 56.6 Å². The molecule has 2 heterocycles. The number of nitrogens with two attached hydrogens (primary N) is 1. The Labute approximate surface area is 182 Å². The molecule has 5 nitrogen and oxygen atoms in total. The summed E-state index contributed by atoms with van der Waals surface area (Å²) in [6.07, 6.45) is 7.65. The molecule has 0 amide bonds. The summed E-state index contributed by atoms with van der Waals surface area (Å²) in [4.78, 5) is 4.40. The quantitative estimate of drug-likeness (QED) is 0.595. The number of benzene rings is 1. The lowest BCUT2D eigenvalue weighted by Gasteiger charge is -2.27. The Morgan fingerprint density at radius 3 is 2.63 bits per heavy atom. The molecule has 0 spiro atoms. The number of ether oxygens (including phenoxy) is 1. The van der Waals surface area contributed by atoms with Gasteiger partial charge < -0.3 is 21.1 Å². The van der Waals surface area contributed by atoms with E-state index in [0.717, 1.165) is 64.1 Å². The van der Waals surface area contributed by atoms with Crippen molar-refractivity contribution in [3.05, 3.63) is 41.3 Å². The van der Waals surface area contributed by atoms with Crippen molar-refractivity contribution in [2.75, 3.05) is 30.4 Å². The molecule has 1 aromatic heterocycles. The van der Waals surface area contributed by atoms with Crippen molar-refractivity contribution in [2.24, 2.45) is 11.7 Å². The Bertz CT molecular complexity index is 851. The summed E-state index contributed by atoms with van der Waals surface area (Å²) in [6.45, 7) is 2.30. The van der Waals surface area contributed by atoms with Gasteiger partial charge in [0.2, 0.25) is 0 Å². The molecule has 2 fully saturated rings. The van der Waals surface area contributed by atoms with E-state index in [-0.39, 0.29) is 5.82 Å². The van der Waals surface area contributed by atoms with Crippen LogP contribution in [0.3, 0.4) is 0 Å². The number of pyridine rings is 1. The third-order valence-electron chi connectivity index (χ3n) is 6.19. The molecule has 1 saturated heterocycles. The van der Waals surface area contributed by atoms with E-state index < -0.39 is 0 Å². The summed E-state index contributed by atoms with van der Waals surface area (Å²) in [7, 11) is 0. The summed E-state index contributed by atoms with van der Waals surface area (Å²) < 4.78 is 20.7. The number of nitrogens with zero attached hydrogens (tertiary/aromatic N) is 1. The predicted molar refractivity (Wildman–Crippen MR) is 121 cm³/mol. The fourth-order valence-corrected chi connectivity index (χ4v) is 4.48. The van der Waals surface area contributed by atoms with Gasteiger partial charge >= 0.3 is 0 Å². The molecule has 4 N–H and O–H groups in total. The maximum absolute atomic E-state index is 15.3. The van der Waals surface area contributed by atoms with Gasteiger partial charge in [-0.1, -0.05) is 23.7 Å². The molecule has 0 bridgehead atoms. The van der Waals surface area contributed by atoms with Gasteiger partial charge in [0.05, 0.1) is 10.7 Å². The molecule has 0 atom stereocenters. The van der Waals surface area contributed by atoms with Gasteiger partial charge in [-0.15, -0.1) is 0 Å². The first kappa shape index (κ1) is 21.3. The van der Waals surface area contributed by atoms with Crippen molar-refractivity contribution >= 4 is 23.1 Å². The fraction of sp³-hybridized carbons (Fsp3) is 0.522. The SMILES string of the molecule is N[C@H]1CC[C@H](Nc2cc(-c3cccc(NCC4CCOCC4)c3F)c(Cl)cn2)CC1. The van der Waals surface area contributed by atoms with Crippen LogP contribution in [0.5, 0.6) is 0 Å².